The van der Waals surface area contributed by atoms with Gasteiger partial charge in [0.15, 0.2) is 0 Å². The van der Waals surface area contributed by atoms with E-state index in [0.717, 1.165) is 22.0 Å². The van der Waals surface area contributed by atoms with Crippen molar-refractivity contribution >= 4 is 27.5 Å². The molecule has 0 amide bonds. The molecule has 0 spiro atoms. The van der Waals surface area contributed by atoms with Gasteiger partial charge in [-0.3, -0.25) is 0 Å². The van der Waals surface area contributed by atoms with Gasteiger partial charge in [0.25, 0.3) is 0 Å². The van der Waals surface area contributed by atoms with Crippen molar-refractivity contribution in [2.24, 2.45) is 5.73 Å². The topological polar surface area (TPSA) is 26.0 Å². The SMILES string of the molecule is CCC(C)(C)c1ccc(C(N)c2ccc(Cl)cc2Br)cc1. The molecule has 3 heteroatoms. The summed E-state index contributed by atoms with van der Waals surface area (Å²) in [6, 6.07) is 14.2. The molecular weight excluding hydrogens is 346 g/mol. The van der Waals surface area contributed by atoms with Crippen LogP contribution in [0.15, 0.2) is 46.9 Å². The van der Waals surface area contributed by atoms with Gasteiger partial charge < -0.3 is 5.73 Å². The predicted octanol–water partition coefficient (Wildman–Crippen LogP) is 5.84. The molecule has 0 aliphatic carbocycles. The summed E-state index contributed by atoms with van der Waals surface area (Å²) in [6.45, 7) is 6.74. The van der Waals surface area contributed by atoms with Crippen LogP contribution in [-0.4, -0.2) is 0 Å². The Hall–Kier alpha value is -0.830. The lowest BCUT2D eigenvalue weighted by Crippen LogP contribution is -2.16. The molecule has 1 nitrogen and oxygen atoms in total. The fraction of sp³-hybridized carbons (Fsp3) is 0.333. The van der Waals surface area contributed by atoms with Gasteiger partial charge in [-0.1, -0.05) is 78.6 Å². The van der Waals surface area contributed by atoms with Crippen LogP contribution < -0.4 is 5.73 Å². The summed E-state index contributed by atoms with van der Waals surface area (Å²) < 4.78 is 0.945. The zero-order chi connectivity index (χ0) is 15.6. The van der Waals surface area contributed by atoms with Crippen LogP contribution in [0.1, 0.15) is 49.9 Å². The number of benzene rings is 2. The Kier molecular flexibility index (Phi) is 5.13. The van der Waals surface area contributed by atoms with Gasteiger partial charge in [0.1, 0.15) is 0 Å². The minimum absolute atomic E-state index is 0.157. The number of hydrogen-bond acceptors (Lipinski definition) is 1. The summed E-state index contributed by atoms with van der Waals surface area (Å²) in [5.41, 5.74) is 10.1. The monoisotopic (exact) mass is 365 g/mol. The second-order valence-electron chi connectivity index (χ2n) is 6.00. The molecule has 0 saturated carbocycles. The van der Waals surface area contributed by atoms with Gasteiger partial charge in [-0.2, -0.15) is 0 Å². The molecule has 0 aliphatic heterocycles. The van der Waals surface area contributed by atoms with Crippen LogP contribution in [0.5, 0.6) is 0 Å². The zero-order valence-corrected chi connectivity index (χ0v) is 15.0. The fourth-order valence-electron chi connectivity index (χ4n) is 2.28. The molecule has 0 bridgehead atoms. The highest BCUT2D eigenvalue weighted by molar-refractivity contribution is 9.10. The summed E-state index contributed by atoms with van der Waals surface area (Å²) in [7, 11) is 0. The zero-order valence-electron chi connectivity index (χ0n) is 12.7. The van der Waals surface area contributed by atoms with Gasteiger partial charge >= 0.3 is 0 Å². The lowest BCUT2D eigenvalue weighted by atomic mass is 9.81. The van der Waals surface area contributed by atoms with E-state index in [1.807, 2.05) is 18.2 Å². The molecule has 0 heterocycles. The van der Waals surface area contributed by atoms with Crippen LogP contribution in [0.3, 0.4) is 0 Å². The molecule has 0 aliphatic rings. The summed E-state index contributed by atoms with van der Waals surface area (Å²) in [4.78, 5) is 0. The molecule has 112 valence electrons. The number of rotatable bonds is 4. The van der Waals surface area contributed by atoms with Gasteiger partial charge in [0.05, 0.1) is 6.04 Å². The smallest absolute Gasteiger partial charge is 0.0562 e. The first-order valence-electron chi connectivity index (χ1n) is 7.16. The Balaban J connectivity index is 2.30. The van der Waals surface area contributed by atoms with E-state index in [0.29, 0.717) is 5.02 Å². The molecule has 0 fully saturated rings. The highest BCUT2D eigenvalue weighted by atomic mass is 79.9. The average molecular weight is 367 g/mol. The van der Waals surface area contributed by atoms with Crippen LogP contribution in [0.2, 0.25) is 5.02 Å². The minimum atomic E-state index is -0.157. The third-order valence-electron chi connectivity index (χ3n) is 4.23. The standard InChI is InChI=1S/C18H21BrClN/c1-4-18(2,3)13-7-5-12(6-8-13)17(21)15-10-9-14(20)11-16(15)19/h5-11,17H,4,21H2,1-3H3. The highest BCUT2D eigenvalue weighted by Crippen LogP contribution is 2.31. The summed E-state index contributed by atoms with van der Waals surface area (Å²) in [6.07, 6.45) is 1.11. The molecule has 1 atom stereocenters. The molecule has 2 aromatic carbocycles. The summed E-state index contributed by atoms with van der Waals surface area (Å²) >= 11 is 9.52. The van der Waals surface area contributed by atoms with Crippen molar-refractivity contribution in [1.82, 2.24) is 0 Å². The molecule has 2 N–H and O–H groups in total. The molecule has 1 unspecified atom stereocenters. The van der Waals surface area contributed by atoms with Crippen molar-refractivity contribution in [2.75, 3.05) is 0 Å². The second kappa shape index (κ2) is 6.51. The third kappa shape index (κ3) is 3.68. The van der Waals surface area contributed by atoms with Crippen LogP contribution in [0, 0.1) is 0 Å². The van der Waals surface area contributed by atoms with Gasteiger partial charge in [0.2, 0.25) is 0 Å². The first kappa shape index (κ1) is 16.5. The van der Waals surface area contributed by atoms with Crippen molar-refractivity contribution in [2.45, 2.75) is 38.6 Å². The van der Waals surface area contributed by atoms with Gasteiger partial charge in [-0.25, -0.2) is 0 Å². The maximum Gasteiger partial charge on any atom is 0.0562 e. The van der Waals surface area contributed by atoms with Crippen molar-refractivity contribution in [3.05, 3.63) is 68.7 Å². The van der Waals surface area contributed by atoms with E-state index in [1.54, 1.807) is 0 Å². The van der Waals surface area contributed by atoms with Gasteiger partial charge in [-0.05, 0) is 40.7 Å². The molecule has 0 radical (unpaired) electrons. The Morgan fingerprint density at radius 1 is 1.14 bits per heavy atom. The van der Waals surface area contributed by atoms with Crippen LogP contribution >= 0.6 is 27.5 Å². The Morgan fingerprint density at radius 2 is 1.76 bits per heavy atom. The number of nitrogens with two attached hydrogens (primary N) is 1. The highest BCUT2D eigenvalue weighted by Gasteiger charge is 2.19. The Morgan fingerprint density at radius 3 is 2.29 bits per heavy atom. The first-order chi connectivity index (χ1) is 9.85. The lowest BCUT2D eigenvalue weighted by Gasteiger charge is -2.24. The molecular formula is C18H21BrClN. The minimum Gasteiger partial charge on any atom is -0.320 e. The maximum atomic E-state index is 6.39. The van der Waals surface area contributed by atoms with Crippen molar-refractivity contribution in [3.8, 4) is 0 Å². The van der Waals surface area contributed by atoms with Crippen molar-refractivity contribution < 1.29 is 0 Å². The fourth-order valence-corrected chi connectivity index (χ4v) is 3.21. The molecule has 2 rings (SSSR count). The summed E-state index contributed by atoms with van der Waals surface area (Å²) in [5.74, 6) is 0. The van der Waals surface area contributed by atoms with E-state index in [1.165, 1.54) is 5.56 Å². The Labute approximate surface area is 140 Å². The van der Waals surface area contributed by atoms with Crippen LogP contribution in [-0.2, 0) is 5.41 Å². The van der Waals surface area contributed by atoms with E-state index < -0.39 is 0 Å². The first-order valence-corrected chi connectivity index (χ1v) is 8.33. The van der Waals surface area contributed by atoms with Crippen molar-refractivity contribution in [3.63, 3.8) is 0 Å². The lowest BCUT2D eigenvalue weighted by molar-refractivity contribution is 0.506. The van der Waals surface area contributed by atoms with Crippen LogP contribution in [0.25, 0.3) is 0 Å². The van der Waals surface area contributed by atoms with E-state index in [9.17, 15) is 0 Å². The van der Waals surface area contributed by atoms with Gasteiger partial charge in [0, 0.05) is 9.50 Å². The van der Waals surface area contributed by atoms with Gasteiger partial charge in [-0.15, -0.1) is 0 Å². The van der Waals surface area contributed by atoms with E-state index in [-0.39, 0.29) is 11.5 Å². The molecule has 21 heavy (non-hydrogen) atoms. The molecule has 2 aromatic rings. The van der Waals surface area contributed by atoms with Crippen molar-refractivity contribution in [1.29, 1.82) is 0 Å². The van der Waals surface area contributed by atoms with Crippen LogP contribution in [0.4, 0.5) is 0 Å². The largest absolute Gasteiger partial charge is 0.320 e. The average Bonchev–Trinajstić information content (AvgIpc) is 2.47. The predicted molar refractivity (Wildman–Crippen MR) is 94.9 cm³/mol. The van der Waals surface area contributed by atoms with E-state index in [2.05, 4.69) is 61.0 Å². The normalized spacial score (nSPS) is 13.2. The van der Waals surface area contributed by atoms with E-state index in [4.69, 9.17) is 17.3 Å². The quantitative estimate of drug-likeness (QED) is 0.723. The maximum absolute atomic E-state index is 6.39. The number of halogens is 2. The summed E-state index contributed by atoms with van der Waals surface area (Å²) in [5, 5.41) is 0.706. The third-order valence-corrected chi connectivity index (χ3v) is 5.15. The molecule has 0 aromatic heterocycles. The number of hydrogen-bond donors (Lipinski definition) is 1. The second-order valence-corrected chi connectivity index (χ2v) is 7.29. The van der Waals surface area contributed by atoms with E-state index >= 15 is 0 Å². The molecule has 0 saturated heterocycles. The Bertz CT molecular complexity index is 620.